The Labute approximate surface area is 508 Å². The van der Waals surface area contributed by atoms with Crippen molar-refractivity contribution in [2.45, 2.75) is 354 Å². The molecule has 0 saturated carbocycles. The molecular formula is C76H132O6. The summed E-state index contributed by atoms with van der Waals surface area (Å²) in [4.78, 5) is 38.4. The fraction of sp³-hybridized carbons (Fsp3) is 0.750. The summed E-state index contributed by atoms with van der Waals surface area (Å²) >= 11 is 0. The van der Waals surface area contributed by atoms with E-state index in [0.29, 0.717) is 19.3 Å². The van der Waals surface area contributed by atoms with Crippen LogP contribution in [0.4, 0.5) is 0 Å². The van der Waals surface area contributed by atoms with Crippen LogP contribution < -0.4 is 0 Å². The molecule has 82 heavy (non-hydrogen) atoms. The van der Waals surface area contributed by atoms with Gasteiger partial charge in [-0.25, -0.2) is 0 Å². The van der Waals surface area contributed by atoms with Crippen LogP contribution in [0.2, 0.25) is 0 Å². The van der Waals surface area contributed by atoms with Gasteiger partial charge >= 0.3 is 17.9 Å². The standard InChI is InChI=1S/C76H132O6/c1-4-7-10-13-16-19-22-25-27-29-31-33-35-36-37-38-39-40-42-43-45-47-49-51-54-57-60-63-66-69-75(78)81-72-73(71-80-74(77)68-65-62-59-56-53-24-21-18-15-12-9-6-3)82-76(79)70-67-64-61-58-55-52-50-48-46-44-41-34-32-30-28-26-23-20-17-14-11-8-5-2/h8,11,17,20,22,25-26,28-29,31-32,34-36,44,46,73H,4-7,9-10,12-16,18-19,21,23-24,27,30,33,37-43,45,47-72H2,1-3H3/b11-8-,20-17-,25-22-,28-26-,31-29-,34-32-,36-35-,46-44-. The van der Waals surface area contributed by atoms with Crippen molar-refractivity contribution in [1.29, 1.82) is 0 Å². The summed E-state index contributed by atoms with van der Waals surface area (Å²) in [5.74, 6) is -0.875. The van der Waals surface area contributed by atoms with Crippen molar-refractivity contribution in [1.82, 2.24) is 0 Å². The van der Waals surface area contributed by atoms with Gasteiger partial charge in [0.1, 0.15) is 13.2 Å². The molecule has 0 heterocycles. The molecule has 0 aromatic rings. The number of hydrogen-bond donors (Lipinski definition) is 0. The molecule has 0 aliphatic rings. The van der Waals surface area contributed by atoms with Gasteiger partial charge in [-0.1, -0.05) is 323 Å². The lowest BCUT2D eigenvalue weighted by Gasteiger charge is -2.18. The average molecular weight is 1140 g/mol. The first-order chi connectivity index (χ1) is 40.5. The molecule has 472 valence electrons. The maximum Gasteiger partial charge on any atom is 0.306 e. The summed E-state index contributed by atoms with van der Waals surface area (Å²) in [5, 5.41) is 0. The lowest BCUT2D eigenvalue weighted by atomic mass is 10.0. The fourth-order valence-corrected chi connectivity index (χ4v) is 10.1. The number of hydrogen-bond acceptors (Lipinski definition) is 6. The highest BCUT2D eigenvalue weighted by atomic mass is 16.6. The number of unbranched alkanes of at least 4 members (excludes halogenated alkanes) is 37. The van der Waals surface area contributed by atoms with Crippen molar-refractivity contribution in [3.05, 3.63) is 97.2 Å². The number of carbonyl (C=O) groups is 3. The molecular weight excluding hydrogens is 1010 g/mol. The molecule has 0 aromatic heterocycles. The zero-order valence-electron chi connectivity index (χ0n) is 54.2. The van der Waals surface area contributed by atoms with Crippen molar-refractivity contribution in [2.75, 3.05) is 13.2 Å². The summed E-state index contributed by atoms with van der Waals surface area (Å²) < 4.78 is 17.0. The van der Waals surface area contributed by atoms with Gasteiger partial charge in [-0.3, -0.25) is 14.4 Å². The lowest BCUT2D eigenvalue weighted by Crippen LogP contribution is -2.30. The third-order valence-electron chi connectivity index (χ3n) is 15.3. The molecule has 0 aromatic carbocycles. The van der Waals surface area contributed by atoms with Crippen LogP contribution in [0, 0.1) is 0 Å². The van der Waals surface area contributed by atoms with Gasteiger partial charge < -0.3 is 14.2 Å². The lowest BCUT2D eigenvalue weighted by molar-refractivity contribution is -0.167. The van der Waals surface area contributed by atoms with Crippen molar-refractivity contribution < 1.29 is 28.6 Å². The molecule has 0 bridgehead atoms. The minimum absolute atomic E-state index is 0.0788. The van der Waals surface area contributed by atoms with Crippen LogP contribution in [0.25, 0.3) is 0 Å². The second kappa shape index (κ2) is 69.8. The Hall–Kier alpha value is -3.67. The Morgan fingerprint density at radius 2 is 0.476 bits per heavy atom. The van der Waals surface area contributed by atoms with Gasteiger partial charge in [-0.05, 0) is 103 Å². The molecule has 0 N–H and O–H groups in total. The van der Waals surface area contributed by atoms with Crippen LogP contribution >= 0.6 is 0 Å². The van der Waals surface area contributed by atoms with Crippen molar-refractivity contribution in [3.8, 4) is 0 Å². The summed E-state index contributed by atoms with van der Waals surface area (Å²) in [6.07, 6.45) is 94.3. The van der Waals surface area contributed by atoms with Crippen LogP contribution in [0.15, 0.2) is 97.2 Å². The van der Waals surface area contributed by atoms with E-state index in [0.717, 1.165) is 109 Å². The van der Waals surface area contributed by atoms with Gasteiger partial charge in [0.25, 0.3) is 0 Å². The average Bonchev–Trinajstić information content (AvgIpc) is 3.47. The predicted molar refractivity (Wildman–Crippen MR) is 357 cm³/mol. The van der Waals surface area contributed by atoms with E-state index >= 15 is 0 Å². The Bertz CT molecular complexity index is 1590. The van der Waals surface area contributed by atoms with Crippen molar-refractivity contribution in [2.24, 2.45) is 0 Å². The molecule has 6 heteroatoms. The first-order valence-electron chi connectivity index (χ1n) is 35.2. The number of carbonyl (C=O) groups excluding carboxylic acids is 3. The zero-order valence-corrected chi connectivity index (χ0v) is 54.2. The Balaban J connectivity index is 4.26. The maximum atomic E-state index is 12.9. The van der Waals surface area contributed by atoms with Gasteiger partial charge in [0, 0.05) is 19.3 Å². The normalized spacial score (nSPS) is 12.7. The number of allylic oxidation sites excluding steroid dienone is 16. The number of ether oxygens (including phenoxy) is 3. The van der Waals surface area contributed by atoms with Crippen LogP contribution in [-0.2, 0) is 28.6 Å². The number of esters is 3. The molecule has 0 radical (unpaired) electrons. The van der Waals surface area contributed by atoms with Crippen molar-refractivity contribution in [3.63, 3.8) is 0 Å². The smallest absolute Gasteiger partial charge is 0.306 e. The van der Waals surface area contributed by atoms with Crippen LogP contribution in [0.5, 0.6) is 0 Å². The maximum absolute atomic E-state index is 12.9. The van der Waals surface area contributed by atoms with E-state index in [1.54, 1.807) is 0 Å². The van der Waals surface area contributed by atoms with Crippen LogP contribution in [0.1, 0.15) is 348 Å². The molecule has 0 fully saturated rings. The Morgan fingerprint density at radius 1 is 0.256 bits per heavy atom. The van der Waals surface area contributed by atoms with E-state index in [4.69, 9.17) is 14.2 Å². The minimum Gasteiger partial charge on any atom is -0.462 e. The molecule has 0 rings (SSSR count). The van der Waals surface area contributed by atoms with Gasteiger partial charge in [-0.15, -0.1) is 0 Å². The van der Waals surface area contributed by atoms with E-state index in [-0.39, 0.29) is 31.1 Å². The van der Waals surface area contributed by atoms with E-state index in [9.17, 15) is 14.4 Å². The summed E-state index contributed by atoms with van der Waals surface area (Å²) in [5.41, 5.74) is 0. The third kappa shape index (κ3) is 67.1. The highest BCUT2D eigenvalue weighted by Gasteiger charge is 2.19. The molecule has 1 atom stereocenters. The van der Waals surface area contributed by atoms with E-state index in [2.05, 4.69) is 118 Å². The topological polar surface area (TPSA) is 78.9 Å². The summed E-state index contributed by atoms with van der Waals surface area (Å²) in [6, 6.07) is 0. The SMILES string of the molecule is CC/C=C\C/C=C\C/C=C\C/C=C\C/C=C\CCCCCCCCCC(=O)OC(COC(=O)CCCCCCCCCCCCCC)COC(=O)CCCCCCCCCCCCCCCC/C=C\C/C=C\C/C=C\CCCCCCC. The predicted octanol–water partition coefficient (Wildman–Crippen LogP) is 24.4. The van der Waals surface area contributed by atoms with E-state index < -0.39 is 6.10 Å². The second-order valence-electron chi connectivity index (χ2n) is 23.4. The molecule has 1 unspecified atom stereocenters. The zero-order chi connectivity index (χ0) is 59.2. The molecule has 0 spiro atoms. The first-order valence-corrected chi connectivity index (χ1v) is 35.2. The highest BCUT2D eigenvalue weighted by molar-refractivity contribution is 5.71. The molecule has 0 aliphatic heterocycles. The second-order valence-corrected chi connectivity index (χ2v) is 23.4. The molecule has 0 saturated heterocycles. The first kappa shape index (κ1) is 78.3. The van der Waals surface area contributed by atoms with E-state index in [1.807, 2.05) is 0 Å². The number of rotatable bonds is 64. The van der Waals surface area contributed by atoms with Gasteiger partial charge in [0.05, 0.1) is 0 Å². The largest absolute Gasteiger partial charge is 0.462 e. The van der Waals surface area contributed by atoms with E-state index in [1.165, 1.54) is 199 Å². The van der Waals surface area contributed by atoms with Crippen LogP contribution in [0.3, 0.4) is 0 Å². The van der Waals surface area contributed by atoms with Gasteiger partial charge in [0.15, 0.2) is 6.10 Å². The third-order valence-corrected chi connectivity index (χ3v) is 15.3. The fourth-order valence-electron chi connectivity index (χ4n) is 10.1. The van der Waals surface area contributed by atoms with Gasteiger partial charge in [-0.2, -0.15) is 0 Å². The van der Waals surface area contributed by atoms with Crippen molar-refractivity contribution >= 4 is 17.9 Å². The summed E-state index contributed by atoms with van der Waals surface area (Å²) in [6.45, 7) is 6.54. The molecule has 0 amide bonds. The highest BCUT2D eigenvalue weighted by Crippen LogP contribution is 2.17. The minimum atomic E-state index is -0.784. The Morgan fingerprint density at radius 3 is 0.744 bits per heavy atom. The monoisotopic (exact) mass is 1140 g/mol. The summed E-state index contributed by atoms with van der Waals surface area (Å²) in [7, 11) is 0. The Kier molecular flexibility index (Phi) is 66.7. The van der Waals surface area contributed by atoms with Crippen LogP contribution in [-0.4, -0.2) is 37.2 Å². The molecule has 0 aliphatic carbocycles. The quantitative estimate of drug-likeness (QED) is 0.0261. The molecule has 6 nitrogen and oxygen atoms in total. The van der Waals surface area contributed by atoms with Gasteiger partial charge in [0.2, 0.25) is 0 Å².